The second kappa shape index (κ2) is 7.03. The number of aromatic nitrogens is 1. The first-order chi connectivity index (χ1) is 10.7. The third-order valence-corrected chi connectivity index (χ3v) is 4.43. The Morgan fingerprint density at radius 3 is 2.68 bits per heavy atom. The molecule has 1 saturated heterocycles. The summed E-state index contributed by atoms with van der Waals surface area (Å²) < 4.78 is 0. The lowest BCUT2D eigenvalue weighted by Crippen LogP contribution is -2.35. The number of hydrogen-bond acceptors (Lipinski definition) is 3. The van der Waals surface area contributed by atoms with Crippen LogP contribution in [0, 0.1) is 12.8 Å². The number of pyridine rings is 1. The van der Waals surface area contributed by atoms with Crippen LogP contribution in [0.15, 0.2) is 48.5 Å². The summed E-state index contributed by atoms with van der Waals surface area (Å²) in [5.41, 5.74) is 3.62. The summed E-state index contributed by atoms with van der Waals surface area (Å²) in [7, 11) is 0. The molecule has 2 atom stereocenters. The van der Waals surface area contributed by atoms with Crippen molar-refractivity contribution in [3.8, 4) is 0 Å². The van der Waals surface area contributed by atoms with Gasteiger partial charge in [-0.3, -0.25) is 9.88 Å². The summed E-state index contributed by atoms with van der Waals surface area (Å²) in [6.07, 6.45) is 0. The molecule has 3 nitrogen and oxygen atoms in total. The van der Waals surface area contributed by atoms with Gasteiger partial charge < -0.3 is 5.32 Å². The number of aryl methyl sites for hydroxylation is 1. The van der Waals surface area contributed by atoms with E-state index >= 15 is 0 Å². The van der Waals surface area contributed by atoms with Crippen molar-refractivity contribution in [1.29, 1.82) is 0 Å². The van der Waals surface area contributed by atoms with Crippen molar-refractivity contribution in [2.75, 3.05) is 13.1 Å². The van der Waals surface area contributed by atoms with Crippen LogP contribution in [0.3, 0.4) is 0 Å². The smallest absolute Gasteiger partial charge is 0.0544 e. The first-order valence-corrected chi connectivity index (χ1v) is 8.13. The van der Waals surface area contributed by atoms with Gasteiger partial charge in [-0.15, -0.1) is 0 Å². The van der Waals surface area contributed by atoms with Gasteiger partial charge in [0.15, 0.2) is 0 Å². The van der Waals surface area contributed by atoms with E-state index in [1.807, 2.05) is 13.0 Å². The SMILES string of the molecule is Cc1cccc(CN[C@H]2CN(Cc3ccccc3)C[C@H]2C)n1. The Bertz CT molecular complexity index is 597. The number of benzene rings is 1. The fraction of sp³-hybridized carbons (Fsp3) is 0.421. The number of nitrogens with zero attached hydrogens (tertiary/aromatic N) is 2. The Labute approximate surface area is 133 Å². The summed E-state index contributed by atoms with van der Waals surface area (Å²) in [5, 5.41) is 3.69. The van der Waals surface area contributed by atoms with E-state index in [0.717, 1.165) is 37.6 Å². The highest BCUT2D eigenvalue weighted by atomic mass is 15.2. The Morgan fingerprint density at radius 1 is 1.09 bits per heavy atom. The predicted octanol–water partition coefficient (Wildman–Crippen LogP) is 3.00. The van der Waals surface area contributed by atoms with Crippen LogP contribution in [0.4, 0.5) is 0 Å². The topological polar surface area (TPSA) is 28.2 Å². The van der Waals surface area contributed by atoms with E-state index in [-0.39, 0.29) is 0 Å². The molecule has 0 unspecified atom stereocenters. The molecular formula is C19H25N3. The van der Waals surface area contributed by atoms with E-state index in [0.29, 0.717) is 12.0 Å². The standard InChI is InChI=1S/C19H25N3/c1-15-12-22(13-17-8-4-3-5-9-17)14-19(15)20-11-18-10-6-7-16(2)21-18/h3-10,15,19-20H,11-14H2,1-2H3/t15-,19+/m1/s1. The van der Waals surface area contributed by atoms with Gasteiger partial charge in [0, 0.05) is 37.9 Å². The summed E-state index contributed by atoms with van der Waals surface area (Å²) in [4.78, 5) is 7.11. The highest BCUT2D eigenvalue weighted by molar-refractivity contribution is 5.15. The number of likely N-dealkylation sites (tertiary alicyclic amines) is 1. The van der Waals surface area contributed by atoms with Crippen LogP contribution < -0.4 is 5.32 Å². The van der Waals surface area contributed by atoms with Gasteiger partial charge in [-0.2, -0.15) is 0 Å². The second-order valence-corrected chi connectivity index (χ2v) is 6.41. The minimum Gasteiger partial charge on any atom is -0.307 e. The highest BCUT2D eigenvalue weighted by Gasteiger charge is 2.28. The molecule has 0 saturated carbocycles. The Morgan fingerprint density at radius 2 is 1.91 bits per heavy atom. The lowest BCUT2D eigenvalue weighted by Gasteiger charge is -2.17. The predicted molar refractivity (Wildman–Crippen MR) is 90.5 cm³/mol. The maximum absolute atomic E-state index is 4.57. The molecule has 1 aliphatic rings. The van der Waals surface area contributed by atoms with Crippen LogP contribution in [0.25, 0.3) is 0 Å². The van der Waals surface area contributed by atoms with Gasteiger partial charge in [0.25, 0.3) is 0 Å². The van der Waals surface area contributed by atoms with Gasteiger partial charge in [-0.05, 0) is 30.5 Å². The summed E-state index contributed by atoms with van der Waals surface area (Å²) in [6.45, 7) is 8.56. The summed E-state index contributed by atoms with van der Waals surface area (Å²) >= 11 is 0. The average molecular weight is 295 g/mol. The maximum Gasteiger partial charge on any atom is 0.0544 e. The van der Waals surface area contributed by atoms with Crippen molar-refractivity contribution in [2.45, 2.75) is 33.0 Å². The molecule has 3 rings (SSSR count). The Balaban J connectivity index is 1.52. The fourth-order valence-corrected chi connectivity index (χ4v) is 3.24. The molecule has 1 fully saturated rings. The average Bonchev–Trinajstić information content (AvgIpc) is 2.86. The summed E-state index contributed by atoms with van der Waals surface area (Å²) in [6, 6.07) is 17.5. The van der Waals surface area contributed by atoms with Crippen molar-refractivity contribution in [3.05, 3.63) is 65.5 Å². The second-order valence-electron chi connectivity index (χ2n) is 6.41. The van der Waals surface area contributed by atoms with Gasteiger partial charge in [0.05, 0.1) is 5.69 Å². The van der Waals surface area contributed by atoms with Crippen molar-refractivity contribution < 1.29 is 0 Å². The monoisotopic (exact) mass is 295 g/mol. The first kappa shape index (κ1) is 15.2. The molecule has 3 heteroatoms. The normalized spacial score (nSPS) is 22.1. The van der Waals surface area contributed by atoms with Crippen LogP contribution in [-0.2, 0) is 13.1 Å². The lowest BCUT2D eigenvalue weighted by atomic mass is 10.1. The van der Waals surface area contributed by atoms with Gasteiger partial charge in [-0.25, -0.2) is 0 Å². The fourth-order valence-electron chi connectivity index (χ4n) is 3.24. The maximum atomic E-state index is 4.57. The molecule has 2 heterocycles. The van der Waals surface area contributed by atoms with E-state index in [2.05, 4.69) is 64.6 Å². The van der Waals surface area contributed by atoms with Gasteiger partial charge in [-0.1, -0.05) is 43.3 Å². The molecule has 22 heavy (non-hydrogen) atoms. The molecule has 116 valence electrons. The van der Waals surface area contributed by atoms with Crippen LogP contribution in [0.2, 0.25) is 0 Å². The Kier molecular flexibility index (Phi) is 4.86. The first-order valence-electron chi connectivity index (χ1n) is 8.13. The van der Waals surface area contributed by atoms with Crippen LogP contribution in [0.5, 0.6) is 0 Å². The minimum absolute atomic E-state index is 0.547. The molecule has 0 aliphatic carbocycles. The molecule has 1 aliphatic heterocycles. The highest BCUT2D eigenvalue weighted by Crippen LogP contribution is 2.19. The van der Waals surface area contributed by atoms with Crippen LogP contribution in [-0.4, -0.2) is 29.0 Å². The van der Waals surface area contributed by atoms with Crippen LogP contribution >= 0.6 is 0 Å². The summed E-state index contributed by atoms with van der Waals surface area (Å²) in [5.74, 6) is 0.675. The van der Waals surface area contributed by atoms with Crippen molar-refractivity contribution in [1.82, 2.24) is 15.2 Å². The number of hydrogen-bond donors (Lipinski definition) is 1. The van der Waals surface area contributed by atoms with Crippen molar-refractivity contribution in [2.24, 2.45) is 5.92 Å². The van der Waals surface area contributed by atoms with Gasteiger partial charge >= 0.3 is 0 Å². The van der Waals surface area contributed by atoms with Crippen molar-refractivity contribution in [3.63, 3.8) is 0 Å². The zero-order chi connectivity index (χ0) is 15.4. The molecule has 0 spiro atoms. The zero-order valence-electron chi connectivity index (χ0n) is 13.5. The van der Waals surface area contributed by atoms with E-state index in [4.69, 9.17) is 0 Å². The minimum atomic E-state index is 0.547. The molecule has 0 bridgehead atoms. The van der Waals surface area contributed by atoms with Gasteiger partial charge in [0.1, 0.15) is 0 Å². The quantitative estimate of drug-likeness (QED) is 0.919. The van der Waals surface area contributed by atoms with Gasteiger partial charge in [0.2, 0.25) is 0 Å². The largest absolute Gasteiger partial charge is 0.307 e. The van der Waals surface area contributed by atoms with E-state index in [1.54, 1.807) is 0 Å². The molecule has 0 radical (unpaired) electrons. The molecule has 1 aromatic heterocycles. The molecular weight excluding hydrogens is 270 g/mol. The third kappa shape index (κ3) is 3.93. The lowest BCUT2D eigenvalue weighted by molar-refractivity contribution is 0.316. The van der Waals surface area contributed by atoms with E-state index in [1.165, 1.54) is 5.56 Å². The zero-order valence-corrected chi connectivity index (χ0v) is 13.5. The van der Waals surface area contributed by atoms with Crippen molar-refractivity contribution >= 4 is 0 Å². The third-order valence-electron chi connectivity index (χ3n) is 4.43. The Hall–Kier alpha value is -1.71. The van der Waals surface area contributed by atoms with Crippen LogP contribution in [0.1, 0.15) is 23.9 Å². The van der Waals surface area contributed by atoms with E-state index in [9.17, 15) is 0 Å². The number of rotatable bonds is 5. The molecule has 2 aromatic rings. The molecule has 1 aromatic carbocycles. The van der Waals surface area contributed by atoms with E-state index < -0.39 is 0 Å². The number of nitrogens with one attached hydrogen (secondary N) is 1. The molecule has 0 amide bonds. The molecule has 1 N–H and O–H groups in total.